The van der Waals surface area contributed by atoms with Gasteiger partial charge in [-0.25, -0.2) is 0 Å². The van der Waals surface area contributed by atoms with Crippen LogP contribution in [0.1, 0.15) is 50.4 Å². The molecule has 1 aromatic heterocycles. The lowest BCUT2D eigenvalue weighted by Crippen LogP contribution is -2.36. The molecule has 0 spiro atoms. The SMILES string of the molecule is CC1Cc2c(c3cc(Cl)ccc3n2CCC2CCNCC2)C(C)N1. The Morgan fingerprint density at radius 3 is 2.79 bits per heavy atom. The van der Waals surface area contributed by atoms with Crippen LogP contribution in [0.25, 0.3) is 10.9 Å². The third-order valence-corrected chi connectivity index (χ3v) is 6.10. The molecule has 2 aromatic rings. The van der Waals surface area contributed by atoms with Gasteiger partial charge in [-0.1, -0.05) is 11.6 Å². The Labute approximate surface area is 149 Å². The predicted molar refractivity (Wildman–Crippen MR) is 102 cm³/mol. The number of rotatable bonds is 3. The van der Waals surface area contributed by atoms with Crippen LogP contribution >= 0.6 is 11.6 Å². The second-order valence-electron chi connectivity index (χ2n) is 7.65. The molecule has 2 N–H and O–H groups in total. The van der Waals surface area contributed by atoms with Gasteiger partial charge in [-0.3, -0.25) is 0 Å². The van der Waals surface area contributed by atoms with Gasteiger partial charge in [0.15, 0.2) is 0 Å². The molecule has 3 heterocycles. The van der Waals surface area contributed by atoms with Gasteiger partial charge in [0, 0.05) is 46.7 Å². The first-order valence-corrected chi connectivity index (χ1v) is 9.78. The third-order valence-electron chi connectivity index (χ3n) is 5.86. The van der Waals surface area contributed by atoms with Crippen LogP contribution in [0.3, 0.4) is 0 Å². The minimum atomic E-state index is 0.393. The summed E-state index contributed by atoms with van der Waals surface area (Å²) >= 11 is 6.31. The molecule has 0 radical (unpaired) electrons. The number of aryl methyl sites for hydroxylation is 1. The molecule has 1 saturated heterocycles. The highest BCUT2D eigenvalue weighted by Gasteiger charge is 2.28. The first-order chi connectivity index (χ1) is 11.6. The topological polar surface area (TPSA) is 29.0 Å². The number of halogens is 1. The highest BCUT2D eigenvalue weighted by molar-refractivity contribution is 6.31. The monoisotopic (exact) mass is 345 g/mol. The normalized spacial score (nSPS) is 25.1. The Kier molecular flexibility index (Phi) is 4.59. The van der Waals surface area contributed by atoms with Crippen LogP contribution in [0.2, 0.25) is 5.02 Å². The number of aromatic nitrogens is 1. The average molecular weight is 346 g/mol. The average Bonchev–Trinajstić information content (AvgIpc) is 2.86. The number of nitrogens with one attached hydrogen (secondary N) is 2. The van der Waals surface area contributed by atoms with E-state index in [0.717, 1.165) is 23.9 Å². The van der Waals surface area contributed by atoms with Crippen molar-refractivity contribution in [3.8, 4) is 0 Å². The number of piperidine rings is 1. The van der Waals surface area contributed by atoms with Gasteiger partial charge in [-0.2, -0.15) is 0 Å². The largest absolute Gasteiger partial charge is 0.344 e. The first-order valence-electron chi connectivity index (χ1n) is 9.40. The van der Waals surface area contributed by atoms with E-state index in [9.17, 15) is 0 Å². The fraction of sp³-hybridized carbons (Fsp3) is 0.600. The molecule has 1 fully saturated rings. The summed E-state index contributed by atoms with van der Waals surface area (Å²) in [6.07, 6.45) is 5.04. The summed E-state index contributed by atoms with van der Waals surface area (Å²) < 4.78 is 2.59. The molecule has 1 aromatic carbocycles. The van der Waals surface area contributed by atoms with Crippen LogP contribution < -0.4 is 10.6 Å². The maximum absolute atomic E-state index is 6.31. The Morgan fingerprint density at radius 2 is 2.00 bits per heavy atom. The minimum Gasteiger partial charge on any atom is -0.344 e. The van der Waals surface area contributed by atoms with Gasteiger partial charge < -0.3 is 15.2 Å². The van der Waals surface area contributed by atoms with Crippen LogP contribution in [-0.2, 0) is 13.0 Å². The molecule has 2 atom stereocenters. The van der Waals surface area contributed by atoms with Crippen molar-refractivity contribution < 1.29 is 0 Å². The molecule has 0 bridgehead atoms. The van der Waals surface area contributed by atoms with Gasteiger partial charge in [0.1, 0.15) is 0 Å². The standard InChI is InChI=1S/C20H28ClN3/c1-13-11-19-20(14(2)23-13)17-12-16(21)3-4-18(17)24(19)10-7-15-5-8-22-9-6-15/h3-4,12-15,22-23H,5-11H2,1-2H3. The van der Waals surface area contributed by atoms with E-state index in [0.29, 0.717) is 12.1 Å². The van der Waals surface area contributed by atoms with Crippen LogP contribution in [-0.4, -0.2) is 23.7 Å². The van der Waals surface area contributed by atoms with Crippen molar-refractivity contribution >= 4 is 22.5 Å². The van der Waals surface area contributed by atoms with Gasteiger partial charge >= 0.3 is 0 Å². The Morgan fingerprint density at radius 1 is 1.21 bits per heavy atom. The maximum Gasteiger partial charge on any atom is 0.0487 e. The molecule has 2 unspecified atom stereocenters. The lowest BCUT2D eigenvalue weighted by Gasteiger charge is -2.29. The molecule has 4 rings (SSSR count). The van der Waals surface area contributed by atoms with Gasteiger partial charge in [-0.05, 0) is 75.9 Å². The summed E-state index contributed by atoms with van der Waals surface area (Å²) in [5.41, 5.74) is 4.36. The van der Waals surface area contributed by atoms with E-state index in [1.165, 1.54) is 54.5 Å². The molecular weight excluding hydrogens is 318 g/mol. The van der Waals surface area contributed by atoms with E-state index in [2.05, 4.69) is 41.2 Å². The number of hydrogen-bond acceptors (Lipinski definition) is 2. The van der Waals surface area contributed by atoms with E-state index in [4.69, 9.17) is 11.6 Å². The van der Waals surface area contributed by atoms with Gasteiger partial charge in [-0.15, -0.1) is 0 Å². The molecule has 24 heavy (non-hydrogen) atoms. The van der Waals surface area contributed by atoms with Crippen LogP contribution in [0.15, 0.2) is 18.2 Å². The highest BCUT2D eigenvalue weighted by atomic mass is 35.5. The lowest BCUT2D eigenvalue weighted by molar-refractivity contribution is 0.335. The summed E-state index contributed by atoms with van der Waals surface area (Å²) in [7, 11) is 0. The molecule has 4 heteroatoms. The lowest BCUT2D eigenvalue weighted by atomic mass is 9.94. The molecule has 2 aliphatic heterocycles. The second kappa shape index (κ2) is 6.70. The molecule has 0 amide bonds. The second-order valence-corrected chi connectivity index (χ2v) is 8.09. The third kappa shape index (κ3) is 2.98. The fourth-order valence-corrected chi connectivity index (χ4v) is 4.88. The first kappa shape index (κ1) is 16.4. The van der Waals surface area contributed by atoms with E-state index < -0.39 is 0 Å². The summed E-state index contributed by atoms with van der Waals surface area (Å²) in [5.74, 6) is 0.864. The Hall–Kier alpha value is -1.03. The quantitative estimate of drug-likeness (QED) is 0.869. The highest BCUT2D eigenvalue weighted by Crippen LogP contribution is 2.37. The van der Waals surface area contributed by atoms with Gasteiger partial charge in [0.25, 0.3) is 0 Å². The van der Waals surface area contributed by atoms with Crippen molar-refractivity contribution in [3.63, 3.8) is 0 Å². The van der Waals surface area contributed by atoms with Crippen molar-refractivity contribution in [2.45, 2.75) is 58.2 Å². The smallest absolute Gasteiger partial charge is 0.0487 e. The Bertz CT molecular complexity index is 730. The molecule has 0 aliphatic carbocycles. The molecular formula is C20H28ClN3. The van der Waals surface area contributed by atoms with Crippen molar-refractivity contribution in [1.82, 2.24) is 15.2 Å². The number of hydrogen-bond donors (Lipinski definition) is 2. The molecule has 2 aliphatic rings. The zero-order valence-corrected chi connectivity index (χ0v) is 15.5. The van der Waals surface area contributed by atoms with Crippen molar-refractivity contribution in [3.05, 3.63) is 34.5 Å². The fourth-order valence-electron chi connectivity index (χ4n) is 4.71. The van der Waals surface area contributed by atoms with Crippen molar-refractivity contribution in [2.24, 2.45) is 5.92 Å². The summed E-state index contributed by atoms with van der Waals surface area (Å²) in [5, 5.41) is 9.36. The van der Waals surface area contributed by atoms with Crippen molar-refractivity contribution in [1.29, 1.82) is 0 Å². The zero-order valence-electron chi connectivity index (χ0n) is 14.7. The molecule has 130 valence electrons. The zero-order chi connectivity index (χ0) is 16.7. The molecule has 0 saturated carbocycles. The van der Waals surface area contributed by atoms with Gasteiger partial charge in [0.2, 0.25) is 0 Å². The Balaban J connectivity index is 1.72. The summed E-state index contributed by atoms with van der Waals surface area (Å²) in [6.45, 7) is 8.08. The van der Waals surface area contributed by atoms with E-state index in [1.807, 2.05) is 6.07 Å². The van der Waals surface area contributed by atoms with E-state index >= 15 is 0 Å². The number of fused-ring (bicyclic) bond motifs is 3. The van der Waals surface area contributed by atoms with E-state index in [1.54, 1.807) is 0 Å². The maximum atomic E-state index is 6.31. The predicted octanol–water partition coefficient (Wildman–Crippen LogP) is 4.28. The molecule has 3 nitrogen and oxygen atoms in total. The van der Waals surface area contributed by atoms with E-state index in [-0.39, 0.29) is 0 Å². The van der Waals surface area contributed by atoms with Gasteiger partial charge in [0.05, 0.1) is 0 Å². The minimum absolute atomic E-state index is 0.393. The van der Waals surface area contributed by atoms with Crippen LogP contribution in [0.4, 0.5) is 0 Å². The van der Waals surface area contributed by atoms with Crippen molar-refractivity contribution in [2.75, 3.05) is 13.1 Å². The van der Waals surface area contributed by atoms with Crippen LogP contribution in [0.5, 0.6) is 0 Å². The number of benzene rings is 1. The summed E-state index contributed by atoms with van der Waals surface area (Å²) in [6, 6.07) is 7.34. The van der Waals surface area contributed by atoms with Crippen LogP contribution in [0, 0.1) is 5.92 Å². The summed E-state index contributed by atoms with van der Waals surface area (Å²) in [4.78, 5) is 0. The number of nitrogens with zero attached hydrogens (tertiary/aromatic N) is 1.